The average molecular weight is 390 g/mol. The SMILES string of the molecule is COc1ccc(C2C3=C(OC(=O)C24CCCCC4)c2ccccc2C3)cc1OC. The number of hydrogen-bond acceptors (Lipinski definition) is 4. The van der Waals surface area contributed by atoms with Crippen LogP contribution in [0.1, 0.15) is 54.7 Å². The normalized spacial score (nSPS) is 22.1. The van der Waals surface area contributed by atoms with E-state index in [1.165, 1.54) is 17.6 Å². The molecule has 29 heavy (non-hydrogen) atoms. The molecule has 1 saturated carbocycles. The van der Waals surface area contributed by atoms with Crippen molar-refractivity contribution in [1.29, 1.82) is 0 Å². The molecule has 5 rings (SSSR count). The molecule has 0 amide bonds. The van der Waals surface area contributed by atoms with Crippen molar-refractivity contribution in [2.45, 2.75) is 44.4 Å². The summed E-state index contributed by atoms with van der Waals surface area (Å²) >= 11 is 0. The monoisotopic (exact) mass is 390 g/mol. The van der Waals surface area contributed by atoms with E-state index in [0.717, 1.165) is 49.0 Å². The Morgan fingerprint density at radius 3 is 2.48 bits per heavy atom. The van der Waals surface area contributed by atoms with E-state index in [-0.39, 0.29) is 11.9 Å². The molecule has 0 bridgehead atoms. The van der Waals surface area contributed by atoms with E-state index < -0.39 is 5.41 Å². The Morgan fingerprint density at radius 2 is 1.72 bits per heavy atom. The van der Waals surface area contributed by atoms with Crippen molar-refractivity contribution in [1.82, 2.24) is 0 Å². The van der Waals surface area contributed by atoms with Gasteiger partial charge in [0.05, 0.1) is 19.6 Å². The summed E-state index contributed by atoms with van der Waals surface area (Å²) in [7, 11) is 3.30. The van der Waals surface area contributed by atoms with E-state index in [9.17, 15) is 4.79 Å². The molecule has 1 fully saturated rings. The van der Waals surface area contributed by atoms with Gasteiger partial charge < -0.3 is 14.2 Å². The fraction of sp³-hybridized carbons (Fsp3) is 0.400. The standard InChI is InChI=1S/C25H26O4/c1-27-20-11-10-17(15-21(20)28-2)22-19-14-16-8-4-5-9-18(16)23(19)29-24(26)25(22)12-6-3-7-13-25/h4-5,8-11,15,22H,3,6-7,12-14H2,1-2H3. The number of benzene rings is 2. The number of carbonyl (C=O) groups is 1. The second-order valence-electron chi connectivity index (χ2n) is 8.34. The second kappa shape index (κ2) is 6.94. The Hall–Kier alpha value is -2.75. The summed E-state index contributed by atoms with van der Waals surface area (Å²) in [6.07, 6.45) is 5.89. The molecule has 1 heterocycles. The summed E-state index contributed by atoms with van der Waals surface area (Å²) in [5, 5.41) is 0. The second-order valence-corrected chi connectivity index (χ2v) is 8.34. The molecule has 2 aromatic rings. The minimum atomic E-state index is -0.487. The lowest BCUT2D eigenvalue weighted by Gasteiger charge is -2.45. The van der Waals surface area contributed by atoms with Crippen LogP contribution < -0.4 is 9.47 Å². The van der Waals surface area contributed by atoms with Crippen molar-refractivity contribution in [3.05, 3.63) is 64.7 Å². The highest BCUT2D eigenvalue weighted by Gasteiger charge is 2.54. The van der Waals surface area contributed by atoms with Crippen LogP contribution >= 0.6 is 0 Å². The number of hydrogen-bond donors (Lipinski definition) is 0. The van der Waals surface area contributed by atoms with Crippen molar-refractivity contribution in [2.75, 3.05) is 14.2 Å². The van der Waals surface area contributed by atoms with Gasteiger partial charge in [-0.15, -0.1) is 0 Å². The van der Waals surface area contributed by atoms with E-state index in [1.807, 2.05) is 18.2 Å². The molecule has 0 saturated heterocycles. The van der Waals surface area contributed by atoms with Gasteiger partial charge in [-0.05, 0) is 48.1 Å². The molecular formula is C25H26O4. The summed E-state index contributed by atoms with van der Waals surface area (Å²) in [6.45, 7) is 0. The van der Waals surface area contributed by atoms with Gasteiger partial charge in [-0.2, -0.15) is 0 Å². The van der Waals surface area contributed by atoms with Crippen molar-refractivity contribution < 1.29 is 19.0 Å². The third-order valence-corrected chi connectivity index (χ3v) is 6.92. The molecule has 0 N–H and O–H groups in total. The van der Waals surface area contributed by atoms with Crippen LogP contribution in [0.2, 0.25) is 0 Å². The predicted molar refractivity (Wildman–Crippen MR) is 111 cm³/mol. The smallest absolute Gasteiger partial charge is 0.318 e. The van der Waals surface area contributed by atoms with E-state index in [4.69, 9.17) is 14.2 Å². The number of ether oxygens (including phenoxy) is 3. The maximum Gasteiger partial charge on any atom is 0.318 e. The van der Waals surface area contributed by atoms with E-state index in [0.29, 0.717) is 11.5 Å². The number of allylic oxidation sites excluding steroid dienone is 1. The first-order valence-electron chi connectivity index (χ1n) is 10.4. The van der Waals surface area contributed by atoms with Crippen LogP contribution in [0.4, 0.5) is 0 Å². The van der Waals surface area contributed by atoms with E-state index in [1.54, 1.807) is 14.2 Å². The van der Waals surface area contributed by atoms with Crippen LogP contribution in [0.3, 0.4) is 0 Å². The van der Waals surface area contributed by atoms with Crippen LogP contribution in [0, 0.1) is 5.41 Å². The van der Waals surface area contributed by atoms with Crippen molar-refractivity contribution in [2.24, 2.45) is 5.41 Å². The topological polar surface area (TPSA) is 44.8 Å². The van der Waals surface area contributed by atoms with Crippen LogP contribution in [0.5, 0.6) is 11.5 Å². The van der Waals surface area contributed by atoms with Crippen molar-refractivity contribution >= 4 is 11.7 Å². The fourth-order valence-corrected chi connectivity index (χ4v) is 5.58. The zero-order valence-electron chi connectivity index (χ0n) is 17.0. The molecule has 1 atom stereocenters. The molecular weight excluding hydrogens is 364 g/mol. The summed E-state index contributed by atoms with van der Waals surface area (Å²) < 4.78 is 17.1. The van der Waals surface area contributed by atoms with Gasteiger partial charge in [-0.1, -0.05) is 49.6 Å². The van der Waals surface area contributed by atoms with Gasteiger partial charge >= 0.3 is 5.97 Å². The van der Waals surface area contributed by atoms with Gasteiger partial charge in [-0.25, -0.2) is 0 Å². The van der Waals surface area contributed by atoms with Gasteiger partial charge in [0.15, 0.2) is 11.5 Å². The zero-order valence-corrected chi connectivity index (χ0v) is 17.0. The quantitative estimate of drug-likeness (QED) is 0.671. The van der Waals surface area contributed by atoms with Gasteiger partial charge in [0, 0.05) is 11.5 Å². The Bertz CT molecular complexity index is 998. The third-order valence-electron chi connectivity index (χ3n) is 6.92. The summed E-state index contributed by atoms with van der Waals surface area (Å²) in [5.41, 5.74) is 4.16. The molecule has 1 aliphatic heterocycles. The molecule has 4 heteroatoms. The highest BCUT2D eigenvalue weighted by molar-refractivity contribution is 5.91. The molecule has 1 unspecified atom stereocenters. The minimum Gasteiger partial charge on any atom is -0.493 e. The van der Waals surface area contributed by atoms with Crippen molar-refractivity contribution in [3.63, 3.8) is 0 Å². The van der Waals surface area contributed by atoms with Crippen LogP contribution in [0.25, 0.3) is 5.76 Å². The maximum atomic E-state index is 13.5. The number of methoxy groups -OCH3 is 2. The Labute approximate surface area is 171 Å². The van der Waals surface area contributed by atoms with Crippen molar-refractivity contribution in [3.8, 4) is 11.5 Å². The fourth-order valence-electron chi connectivity index (χ4n) is 5.58. The number of esters is 1. The molecule has 0 aromatic heterocycles. The minimum absolute atomic E-state index is 0.00579. The third kappa shape index (κ3) is 2.69. The van der Waals surface area contributed by atoms with Crippen LogP contribution in [-0.4, -0.2) is 20.2 Å². The first-order chi connectivity index (χ1) is 14.2. The van der Waals surface area contributed by atoms with E-state index >= 15 is 0 Å². The molecule has 150 valence electrons. The number of carbonyl (C=O) groups excluding carboxylic acids is 1. The molecule has 2 aromatic carbocycles. The van der Waals surface area contributed by atoms with E-state index in [2.05, 4.69) is 24.3 Å². The maximum absolute atomic E-state index is 13.5. The lowest BCUT2D eigenvalue weighted by atomic mass is 9.60. The van der Waals surface area contributed by atoms with Gasteiger partial charge in [0.1, 0.15) is 5.76 Å². The highest BCUT2D eigenvalue weighted by atomic mass is 16.5. The Kier molecular flexibility index (Phi) is 4.38. The first kappa shape index (κ1) is 18.3. The number of fused-ring (bicyclic) bond motifs is 2. The van der Waals surface area contributed by atoms with Gasteiger partial charge in [0.25, 0.3) is 0 Å². The molecule has 2 aliphatic carbocycles. The first-order valence-corrected chi connectivity index (χ1v) is 10.4. The highest BCUT2D eigenvalue weighted by Crippen LogP contribution is 2.59. The lowest BCUT2D eigenvalue weighted by molar-refractivity contribution is -0.153. The van der Waals surface area contributed by atoms with Gasteiger partial charge in [0.2, 0.25) is 0 Å². The summed E-state index contributed by atoms with van der Waals surface area (Å²) in [4.78, 5) is 13.5. The molecule has 1 spiro atoms. The summed E-state index contributed by atoms with van der Waals surface area (Å²) in [6, 6.07) is 14.4. The van der Waals surface area contributed by atoms with Crippen LogP contribution in [-0.2, 0) is 16.0 Å². The van der Waals surface area contributed by atoms with Gasteiger partial charge in [-0.3, -0.25) is 4.79 Å². The lowest BCUT2D eigenvalue weighted by Crippen LogP contribution is -2.44. The zero-order chi connectivity index (χ0) is 20.0. The summed E-state index contributed by atoms with van der Waals surface area (Å²) in [5.74, 6) is 2.13. The molecule has 0 radical (unpaired) electrons. The largest absolute Gasteiger partial charge is 0.493 e. The van der Waals surface area contributed by atoms with Crippen LogP contribution in [0.15, 0.2) is 48.0 Å². The number of rotatable bonds is 3. The Morgan fingerprint density at radius 1 is 0.966 bits per heavy atom. The predicted octanol–water partition coefficient (Wildman–Crippen LogP) is 5.26. The Balaban J connectivity index is 1.70. The average Bonchev–Trinajstić information content (AvgIpc) is 3.12. The molecule has 3 aliphatic rings. The molecule has 4 nitrogen and oxygen atoms in total.